The first kappa shape index (κ1) is 12.7. The maximum atomic E-state index is 11.9. The molecule has 0 unspecified atom stereocenters. The lowest BCUT2D eigenvalue weighted by molar-refractivity contribution is -0.121. The Morgan fingerprint density at radius 1 is 1.44 bits per heavy atom. The van der Waals surface area contributed by atoms with Crippen molar-refractivity contribution < 1.29 is 9.53 Å². The Morgan fingerprint density at radius 2 is 2.17 bits per heavy atom. The summed E-state index contributed by atoms with van der Waals surface area (Å²) in [4.78, 5) is 11.9. The van der Waals surface area contributed by atoms with E-state index in [2.05, 4.69) is 10.6 Å². The highest BCUT2D eigenvalue weighted by molar-refractivity contribution is 5.85. The molecule has 0 radical (unpaired) electrons. The van der Waals surface area contributed by atoms with Crippen LogP contribution in [-0.2, 0) is 4.79 Å². The molecule has 1 amide bonds. The summed E-state index contributed by atoms with van der Waals surface area (Å²) in [6.07, 6.45) is 2.21. The van der Waals surface area contributed by atoms with E-state index in [0.29, 0.717) is 12.6 Å². The first-order valence-electron chi connectivity index (χ1n) is 6.49. The molecule has 2 rings (SSSR count). The van der Waals surface area contributed by atoms with Gasteiger partial charge in [0.2, 0.25) is 5.91 Å². The quantitative estimate of drug-likeness (QED) is 0.811. The van der Waals surface area contributed by atoms with Crippen LogP contribution in [0, 0.1) is 0 Å². The molecule has 1 saturated carbocycles. The summed E-state index contributed by atoms with van der Waals surface area (Å²) >= 11 is 0. The lowest BCUT2D eigenvalue weighted by Crippen LogP contribution is -2.38. The molecule has 0 aromatic heterocycles. The molecule has 1 aromatic carbocycles. The lowest BCUT2D eigenvalue weighted by atomic mass is 10.2. The molecule has 1 aliphatic rings. The van der Waals surface area contributed by atoms with E-state index in [1.54, 1.807) is 0 Å². The maximum Gasteiger partial charge on any atom is 0.242 e. The van der Waals surface area contributed by atoms with Gasteiger partial charge in [-0.3, -0.25) is 4.79 Å². The van der Waals surface area contributed by atoms with Crippen LogP contribution >= 0.6 is 0 Å². The summed E-state index contributed by atoms with van der Waals surface area (Å²) in [6, 6.07) is 7.81. The van der Waals surface area contributed by atoms with Gasteiger partial charge < -0.3 is 15.4 Å². The minimum absolute atomic E-state index is 0.0452. The third kappa shape index (κ3) is 3.39. The van der Waals surface area contributed by atoms with E-state index < -0.39 is 0 Å². The fourth-order valence-electron chi connectivity index (χ4n) is 1.72. The van der Waals surface area contributed by atoms with Crippen LogP contribution in [0.2, 0.25) is 0 Å². The number of hydrogen-bond donors (Lipinski definition) is 2. The summed E-state index contributed by atoms with van der Waals surface area (Å²) in [7, 11) is 0. The van der Waals surface area contributed by atoms with Crippen LogP contribution < -0.4 is 15.4 Å². The summed E-state index contributed by atoms with van der Waals surface area (Å²) in [5, 5.41) is 6.17. The fourth-order valence-corrected chi connectivity index (χ4v) is 1.72. The second kappa shape index (κ2) is 5.76. The minimum Gasteiger partial charge on any atom is -0.492 e. The Hall–Kier alpha value is -1.71. The Morgan fingerprint density at radius 3 is 2.83 bits per heavy atom. The van der Waals surface area contributed by atoms with Crippen molar-refractivity contribution in [3.8, 4) is 5.75 Å². The molecule has 1 aromatic rings. The zero-order valence-electron chi connectivity index (χ0n) is 10.9. The Bertz CT molecular complexity index is 416. The van der Waals surface area contributed by atoms with Crippen LogP contribution in [0.4, 0.5) is 5.69 Å². The first-order chi connectivity index (χ1) is 8.70. The Labute approximate surface area is 108 Å². The highest BCUT2D eigenvalue weighted by Gasteiger charge is 2.25. The summed E-state index contributed by atoms with van der Waals surface area (Å²) < 4.78 is 5.52. The molecule has 1 fully saturated rings. The van der Waals surface area contributed by atoms with Gasteiger partial charge in [-0.2, -0.15) is 0 Å². The van der Waals surface area contributed by atoms with Crippen molar-refractivity contribution in [1.82, 2.24) is 5.32 Å². The molecule has 1 atom stereocenters. The molecular formula is C14H20N2O2. The molecule has 0 spiro atoms. The predicted molar refractivity (Wildman–Crippen MR) is 71.9 cm³/mol. The summed E-state index contributed by atoms with van der Waals surface area (Å²) in [5.41, 5.74) is 0.859. The van der Waals surface area contributed by atoms with Crippen LogP contribution in [0.3, 0.4) is 0 Å². The largest absolute Gasteiger partial charge is 0.492 e. The number of rotatable bonds is 6. The molecule has 98 valence electrons. The van der Waals surface area contributed by atoms with Crippen LogP contribution in [0.15, 0.2) is 24.3 Å². The van der Waals surface area contributed by atoms with Gasteiger partial charge in [-0.15, -0.1) is 0 Å². The van der Waals surface area contributed by atoms with Gasteiger partial charge in [0.05, 0.1) is 12.3 Å². The average molecular weight is 248 g/mol. The summed E-state index contributed by atoms with van der Waals surface area (Å²) in [5.74, 6) is 0.829. The van der Waals surface area contributed by atoms with Crippen molar-refractivity contribution in [2.24, 2.45) is 0 Å². The lowest BCUT2D eigenvalue weighted by Gasteiger charge is -2.17. The van der Waals surface area contributed by atoms with Crippen LogP contribution in [0.25, 0.3) is 0 Å². The topological polar surface area (TPSA) is 50.4 Å². The van der Waals surface area contributed by atoms with E-state index in [4.69, 9.17) is 4.74 Å². The number of hydrogen-bond acceptors (Lipinski definition) is 3. The fraction of sp³-hybridized carbons (Fsp3) is 0.500. The molecule has 0 bridgehead atoms. The normalized spacial score (nSPS) is 15.9. The molecule has 18 heavy (non-hydrogen) atoms. The zero-order valence-corrected chi connectivity index (χ0v) is 10.9. The van der Waals surface area contributed by atoms with E-state index in [0.717, 1.165) is 24.3 Å². The first-order valence-corrected chi connectivity index (χ1v) is 6.49. The number of carbonyl (C=O) groups is 1. The number of benzene rings is 1. The Balaban J connectivity index is 1.96. The van der Waals surface area contributed by atoms with E-state index in [1.807, 2.05) is 38.1 Å². The maximum absolute atomic E-state index is 11.9. The van der Waals surface area contributed by atoms with Gasteiger partial charge in [0.1, 0.15) is 11.8 Å². The van der Waals surface area contributed by atoms with Gasteiger partial charge in [0.15, 0.2) is 0 Å². The smallest absolute Gasteiger partial charge is 0.242 e. The number of nitrogens with one attached hydrogen (secondary N) is 2. The molecule has 0 aliphatic heterocycles. The average Bonchev–Trinajstić information content (AvgIpc) is 3.16. The van der Waals surface area contributed by atoms with Gasteiger partial charge in [0.25, 0.3) is 0 Å². The molecule has 0 heterocycles. The number of para-hydroxylation sites is 2. The van der Waals surface area contributed by atoms with Gasteiger partial charge in [0, 0.05) is 6.04 Å². The third-order valence-corrected chi connectivity index (χ3v) is 2.88. The third-order valence-electron chi connectivity index (χ3n) is 2.88. The molecule has 0 saturated heterocycles. The molecule has 4 heteroatoms. The van der Waals surface area contributed by atoms with Crippen molar-refractivity contribution in [3.63, 3.8) is 0 Å². The second-order valence-electron chi connectivity index (χ2n) is 4.58. The van der Waals surface area contributed by atoms with E-state index >= 15 is 0 Å². The van der Waals surface area contributed by atoms with Gasteiger partial charge >= 0.3 is 0 Å². The van der Waals surface area contributed by atoms with Crippen molar-refractivity contribution in [3.05, 3.63) is 24.3 Å². The van der Waals surface area contributed by atoms with Gasteiger partial charge in [-0.05, 0) is 38.8 Å². The minimum atomic E-state index is -0.257. The predicted octanol–water partition coefficient (Wildman–Crippen LogP) is 2.16. The van der Waals surface area contributed by atoms with Crippen molar-refractivity contribution in [2.45, 2.75) is 38.8 Å². The van der Waals surface area contributed by atoms with Crippen molar-refractivity contribution >= 4 is 11.6 Å². The van der Waals surface area contributed by atoms with Crippen molar-refractivity contribution in [2.75, 3.05) is 11.9 Å². The van der Waals surface area contributed by atoms with Crippen LogP contribution in [-0.4, -0.2) is 24.6 Å². The number of carbonyl (C=O) groups excluding carboxylic acids is 1. The van der Waals surface area contributed by atoms with E-state index in [1.165, 1.54) is 0 Å². The highest BCUT2D eigenvalue weighted by atomic mass is 16.5. The van der Waals surface area contributed by atoms with Crippen LogP contribution in [0.5, 0.6) is 5.75 Å². The van der Waals surface area contributed by atoms with Gasteiger partial charge in [-0.25, -0.2) is 0 Å². The summed E-state index contributed by atoms with van der Waals surface area (Å²) in [6.45, 7) is 4.42. The number of amides is 1. The number of ether oxygens (including phenoxy) is 1. The number of anilines is 1. The molecular weight excluding hydrogens is 228 g/mol. The van der Waals surface area contributed by atoms with E-state index in [9.17, 15) is 4.79 Å². The zero-order chi connectivity index (χ0) is 13.0. The van der Waals surface area contributed by atoms with E-state index in [-0.39, 0.29) is 11.9 Å². The SMILES string of the molecule is CCOc1ccccc1N[C@H](C)C(=O)NC1CC1. The standard InChI is InChI=1S/C14H20N2O2/c1-3-18-13-7-5-4-6-12(13)15-10(2)14(17)16-11-8-9-11/h4-7,10-11,15H,3,8-9H2,1-2H3,(H,16,17)/t10-/m1/s1. The Kier molecular flexibility index (Phi) is 4.07. The highest BCUT2D eigenvalue weighted by Crippen LogP contribution is 2.24. The monoisotopic (exact) mass is 248 g/mol. The molecule has 4 nitrogen and oxygen atoms in total. The van der Waals surface area contributed by atoms with Gasteiger partial charge in [-0.1, -0.05) is 12.1 Å². The van der Waals surface area contributed by atoms with Crippen LogP contribution in [0.1, 0.15) is 26.7 Å². The molecule has 2 N–H and O–H groups in total. The second-order valence-corrected chi connectivity index (χ2v) is 4.58. The van der Waals surface area contributed by atoms with Crippen molar-refractivity contribution in [1.29, 1.82) is 0 Å². The molecule has 1 aliphatic carbocycles.